The zero-order valence-corrected chi connectivity index (χ0v) is 8.96. The van der Waals surface area contributed by atoms with E-state index in [0.717, 1.165) is 0 Å². The summed E-state index contributed by atoms with van der Waals surface area (Å²) in [5, 5.41) is 6.34. The monoisotopic (exact) mass is 212 g/mol. The van der Waals surface area contributed by atoms with Crippen molar-refractivity contribution in [1.82, 2.24) is 10.7 Å². The SMILES string of the molecule is CC(C)(N)CNC(=O)C1=NNC(=O)CC1. The third-order valence-electron chi connectivity index (χ3n) is 1.87. The molecule has 0 atom stereocenters. The predicted octanol–water partition coefficient (Wildman–Crippen LogP) is -0.894. The fourth-order valence-electron chi connectivity index (χ4n) is 1.05. The lowest BCUT2D eigenvalue weighted by molar-refractivity contribution is -0.121. The van der Waals surface area contributed by atoms with Gasteiger partial charge in [0.05, 0.1) is 0 Å². The van der Waals surface area contributed by atoms with Crippen LogP contribution in [0.3, 0.4) is 0 Å². The van der Waals surface area contributed by atoms with E-state index in [1.165, 1.54) is 0 Å². The molecule has 0 unspecified atom stereocenters. The molecule has 15 heavy (non-hydrogen) atoms. The molecule has 4 N–H and O–H groups in total. The van der Waals surface area contributed by atoms with Crippen LogP contribution in [0.1, 0.15) is 26.7 Å². The number of hydrogen-bond donors (Lipinski definition) is 3. The van der Waals surface area contributed by atoms with Crippen LogP contribution < -0.4 is 16.5 Å². The quantitative estimate of drug-likeness (QED) is 0.566. The van der Waals surface area contributed by atoms with Crippen molar-refractivity contribution in [3.63, 3.8) is 0 Å². The van der Waals surface area contributed by atoms with Gasteiger partial charge in [-0.05, 0) is 13.8 Å². The zero-order chi connectivity index (χ0) is 11.5. The summed E-state index contributed by atoms with van der Waals surface area (Å²) in [6.07, 6.45) is 0.681. The molecule has 0 saturated carbocycles. The smallest absolute Gasteiger partial charge is 0.267 e. The number of hydrazone groups is 1. The van der Waals surface area contributed by atoms with E-state index in [2.05, 4.69) is 15.8 Å². The first-order valence-corrected chi connectivity index (χ1v) is 4.81. The normalized spacial score (nSPS) is 16.7. The van der Waals surface area contributed by atoms with Crippen LogP contribution in [0, 0.1) is 0 Å². The Morgan fingerprint density at radius 3 is 2.73 bits per heavy atom. The second kappa shape index (κ2) is 4.39. The Morgan fingerprint density at radius 1 is 1.60 bits per heavy atom. The van der Waals surface area contributed by atoms with Crippen LogP contribution in [-0.4, -0.2) is 29.6 Å². The maximum Gasteiger partial charge on any atom is 0.267 e. The van der Waals surface area contributed by atoms with Crippen molar-refractivity contribution in [1.29, 1.82) is 0 Å². The number of rotatable bonds is 3. The highest BCUT2D eigenvalue weighted by molar-refractivity contribution is 6.39. The van der Waals surface area contributed by atoms with Gasteiger partial charge in [0.25, 0.3) is 5.91 Å². The number of hydrogen-bond acceptors (Lipinski definition) is 4. The molecular formula is C9H16N4O2. The highest BCUT2D eigenvalue weighted by Gasteiger charge is 2.19. The number of nitrogens with two attached hydrogens (primary N) is 1. The highest BCUT2D eigenvalue weighted by Crippen LogP contribution is 2.00. The number of nitrogens with one attached hydrogen (secondary N) is 2. The molecule has 6 heteroatoms. The van der Waals surface area contributed by atoms with Crippen molar-refractivity contribution in [2.24, 2.45) is 10.8 Å². The summed E-state index contributed by atoms with van der Waals surface area (Å²) in [5.74, 6) is -0.431. The number of carbonyl (C=O) groups excluding carboxylic acids is 2. The predicted molar refractivity (Wildman–Crippen MR) is 56.1 cm³/mol. The average molecular weight is 212 g/mol. The van der Waals surface area contributed by atoms with Crippen LogP contribution in [0.5, 0.6) is 0 Å². The molecule has 0 radical (unpaired) electrons. The molecule has 0 aliphatic carbocycles. The maximum atomic E-state index is 11.5. The summed E-state index contributed by atoms with van der Waals surface area (Å²) in [4.78, 5) is 22.3. The van der Waals surface area contributed by atoms with Crippen molar-refractivity contribution in [3.05, 3.63) is 0 Å². The number of carbonyl (C=O) groups is 2. The number of amides is 2. The third-order valence-corrected chi connectivity index (χ3v) is 1.87. The minimum atomic E-state index is -0.450. The third kappa shape index (κ3) is 4.07. The molecule has 6 nitrogen and oxygen atoms in total. The van der Waals surface area contributed by atoms with Crippen LogP contribution in [0.2, 0.25) is 0 Å². The first-order chi connectivity index (χ1) is 6.88. The van der Waals surface area contributed by atoms with Gasteiger partial charge in [0, 0.05) is 24.9 Å². The zero-order valence-electron chi connectivity index (χ0n) is 8.96. The van der Waals surface area contributed by atoms with Crippen LogP contribution >= 0.6 is 0 Å². The van der Waals surface area contributed by atoms with Gasteiger partial charge in [-0.3, -0.25) is 9.59 Å². The molecule has 0 aromatic heterocycles. The van der Waals surface area contributed by atoms with Gasteiger partial charge in [-0.25, -0.2) is 5.43 Å². The van der Waals surface area contributed by atoms with Gasteiger partial charge in [-0.15, -0.1) is 0 Å². The minimum Gasteiger partial charge on any atom is -0.349 e. The van der Waals surface area contributed by atoms with Gasteiger partial charge in [0.1, 0.15) is 5.71 Å². The summed E-state index contributed by atoms with van der Waals surface area (Å²) >= 11 is 0. The highest BCUT2D eigenvalue weighted by atomic mass is 16.2. The molecule has 0 fully saturated rings. The van der Waals surface area contributed by atoms with E-state index in [9.17, 15) is 9.59 Å². The van der Waals surface area contributed by atoms with Gasteiger partial charge in [0.2, 0.25) is 5.91 Å². The lowest BCUT2D eigenvalue weighted by atomic mass is 10.1. The first-order valence-electron chi connectivity index (χ1n) is 4.81. The first kappa shape index (κ1) is 11.6. The average Bonchev–Trinajstić information content (AvgIpc) is 2.14. The van der Waals surface area contributed by atoms with E-state index in [1.54, 1.807) is 0 Å². The van der Waals surface area contributed by atoms with E-state index in [0.29, 0.717) is 25.1 Å². The van der Waals surface area contributed by atoms with Crippen molar-refractivity contribution >= 4 is 17.5 Å². The van der Waals surface area contributed by atoms with Crippen LogP contribution in [0.4, 0.5) is 0 Å². The standard InChI is InChI=1S/C9H16N4O2/c1-9(2,10)5-11-8(15)6-3-4-7(14)13-12-6/h3-5,10H2,1-2H3,(H,11,15)(H,13,14). The largest absolute Gasteiger partial charge is 0.349 e. The maximum absolute atomic E-state index is 11.5. The molecule has 0 spiro atoms. The van der Waals surface area contributed by atoms with Gasteiger partial charge in [-0.1, -0.05) is 0 Å². The summed E-state index contributed by atoms with van der Waals surface area (Å²) in [6, 6.07) is 0. The van der Waals surface area contributed by atoms with E-state index < -0.39 is 5.54 Å². The van der Waals surface area contributed by atoms with Gasteiger partial charge >= 0.3 is 0 Å². The molecule has 0 aromatic carbocycles. The lowest BCUT2D eigenvalue weighted by Gasteiger charge is -2.19. The van der Waals surface area contributed by atoms with Gasteiger partial charge in [0.15, 0.2) is 0 Å². The van der Waals surface area contributed by atoms with Gasteiger partial charge < -0.3 is 11.1 Å². The second-order valence-corrected chi connectivity index (χ2v) is 4.26. The van der Waals surface area contributed by atoms with Crippen LogP contribution in [0.25, 0.3) is 0 Å². The molecule has 1 aliphatic heterocycles. The Morgan fingerprint density at radius 2 is 2.27 bits per heavy atom. The van der Waals surface area contributed by atoms with Crippen molar-refractivity contribution < 1.29 is 9.59 Å². The molecule has 0 aromatic rings. The summed E-state index contributed by atoms with van der Waals surface area (Å²) < 4.78 is 0. The van der Waals surface area contributed by atoms with Crippen molar-refractivity contribution in [3.8, 4) is 0 Å². The fraction of sp³-hybridized carbons (Fsp3) is 0.667. The van der Waals surface area contributed by atoms with Crippen molar-refractivity contribution in [2.45, 2.75) is 32.2 Å². The van der Waals surface area contributed by atoms with E-state index in [4.69, 9.17) is 5.73 Å². The van der Waals surface area contributed by atoms with Crippen LogP contribution in [-0.2, 0) is 9.59 Å². The topological polar surface area (TPSA) is 96.6 Å². The summed E-state index contributed by atoms with van der Waals surface area (Å²) in [5.41, 5.74) is 7.87. The fourth-order valence-corrected chi connectivity index (χ4v) is 1.05. The molecule has 84 valence electrons. The molecular weight excluding hydrogens is 196 g/mol. The second-order valence-electron chi connectivity index (χ2n) is 4.26. The molecule has 1 heterocycles. The van der Waals surface area contributed by atoms with Crippen molar-refractivity contribution in [2.75, 3.05) is 6.54 Å². The molecule has 2 amide bonds. The van der Waals surface area contributed by atoms with E-state index in [-0.39, 0.29) is 11.8 Å². The number of nitrogens with zero attached hydrogens (tertiary/aromatic N) is 1. The van der Waals surface area contributed by atoms with E-state index in [1.807, 2.05) is 13.8 Å². The summed E-state index contributed by atoms with van der Waals surface area (Å²) in [7, 11) is 0. The minimum absolute atomic E-state index is 0.161. The van der Waals surface area contributed by atoms with E-state index >= 15 is 0 Å². The van der Waals surface area contributed by atoms with Gasteiger partial charge in [-0.2, -0.15) is 5.10 Å². The molecule has 0 bridgehead atoms. The Bertz CT molecular complexity index is 304. The Hall–Kier alpha value is -1.43. The van der Waals surface area contributed by atoms with Crippen LogP contribution in [0.15, 0.2) is 5.10 Å². The molecule has 0 saturated heterocycles. The molecule has 1 rings (SSSR count). The Balaban J connectivity index is 2.44. The summed E-state index contributed by atoms with van der Waals surface area (Å²) in [6.45, 7) is 4.01. The Kier molecular flexibility index (Phi) is 3.41. The Labute approximate surface area is 88.3 Å². The lowest BCUT2D eigenvalue weighted by Crippen LogP contribution is -2.47. The molecule has 1 aliphatic rings.